The normalized spacial score (nSPS) is 13.6. The van der Waals surface area contributed by atoms with Crippen molar-refractivity contribution < 1.29 is 4.74 Å². The Balaban J connectivity index is 3.28. The van der Waals surface area contributed by atoms with E-state index >= 15 is 0 Å². The van der Waals surface area contributed by atoms with Crippen molar-refractivity contribution in [3.8, 4) is 0 Å². The van der Waals surface area contributed by atoms with Crippen LogP contribution in [0.1, 0.15) is 26.7 Å². The number of ether oxygens (including phenoxy) is 1. The van der Waals surface area contributed by atoms with E-state index < -0.39 is 0 Å². The van der Waals surface area contributed by atoms with Gasteiger partial charge in [0.25, 0.3) is 0 Å². The fourth-order valence-electron chi connectivity index (χ4n) is 1.13. The molecular weight excluding hydrogens is 186 g/mol. The minimum atomic E-state index is 0.448. The van der Waals surface area contributed by atoms with Gasteiger partial charge in [-0.05, 0) is 25.3 Å². The van der Waals surface area contributed by atoms with Crippen molar-refractivity contribution in [1.29, 1.82) is 0 Å². The molecule has 80 valence electrons. The van der Waals surface area contributed by atoms with E-state index in [0.717, 1.165) is 26.0 Å². The van der Waals surface area contributed by atoms with Gasteiger partial charge in [0.05, 0.1) is 0 Å². The maximum atomic E-state index is 5.82. The minimum absolute atomic E-state index is 0.448. The third-order valence-corrected chi connectivity index (χ3v) is 2.49. The molecule has 0 bridgehead atoms. The SMILES string of the molecule is COCCCCNC(CCl)C(C)C. The molecule has 1 N–H and O–H groups in total. The summed E-state index contributed by atoms with van der Waals surface area (Å²) in [4.78, 5) is 0. The van der Waals surface area contributed by atoms with Gasteiger partial charge in [-0.15, -0.1) is 11.6 Å². The fourth-order valence-corrected chi connectivity index (χ4v) is 1.59. The topological polar surface area (TPSA) is 21.3 Å². The van der Waals surface area contributed by atoms with Gasteiger partial charge in [0.1, 0.15) is 0 Å². The van der Waals surface area contributed by atoms with Crippen molar-refractivity contribution in [2.45, 2.75) is 32.7 Å². The summed E-state index contributed by atoms with van der Waals surface area (Å²) in [5, 5.41) is 3.44. The molecule has 0 amide bonds. The molecule has 0 aromatic heterocycles. The molecule has 0 fully saturated rings. The Kier molecular flexibility index (Phi) is 8.93. The van der Waals surface area contributed by atoms with Gasteiger partial charge in [-0.25, -0.2) is 0 Å². The van der Waals surface area contributed by atoms with E-state index in [4.69, 9.17) is 16.3 Å². The molecule has 13 heavy (non-hydrogen) atoms. The van der Waals surface area contributed by atoms with Crippen LogP contribution in [0.15, 0.2) is 0 Å². The van der Waals surface area contributed by atoms with Gasteiger partial charge in [0.2, 0.25) is 0 Å². The second kappa shape index (κ2) is 8.79. The average molecular weight is 208 g/mol. The maximum absolute atomic E-state index is 5.82. The van der Waals surface area contributed by atoms with E-state index in [-0.39, 0.29) is 0 Å². The lowest BCUT2D eigenvalue weighted by atomic mass is 10.1. The van der Waals surface area contributed by atoms with Crippen molar-refractivity contribution in [2.24, 2.45) is 5.92 Å². The Morgan fingerprint density at radius 2 is 2.00 bits per heavy atom. The molecule has 0 aromatic rings. The molecule has 1 atom stereocenters. The zero-order valence-electron chi connectivity index (χ0n) is 8.98. The fraction of sp³-hybridized carbons (Fsp3) is 1.00. The lowest BCUT2D eigenvalue weighted by Crippen LogP contribution is -2.36. The third-order valence-electron chi connectivity index (χ3n) is 2.15. The first kappa shape index (κ1) is 13.2. The Morgan fingerprint density at radius 1 is 1.31 bits per heavy atom. The van der Waals surface area contributed by atoms with Crippen LogP contribution in [-0.2, 0) is 4.74 Å². The van der Waals surface area contributed by atoms with Gasteiger partial charge in [-0.1, -0.05) is 13.8 Å². The van der Waals surface area contributed by atoms with Crippen molar-refractivity contribution >= 4 is 11.6 Å². The highest BCUT2D eigenvalue weighted by atomic mass is 35.5. The van der Waals surface area contributed by atoms with Crippen LogP contribution in [0.4, 0.5) is 0 Å². The standard InChI is InChI=1S/C10H22ClNO/c1-9(2)10(8-11)12-6-4-5-7-13-3/h9-10,12H,4-8H2,1-3H3. The molecule has 0 aliphatic heterocycles. The first-order valence-corrected chi connectivity index (χ1v) is 5.54. The Bertz CT molecular complexity index is 109. The van der Waals surface area contributed by atoms with Crippen molar-refractivity contribution in [2.75, 3.05) is 26.1 Å². The molecule has 0 spiro atoms. The molecule has 0 saturated carbocycles. The number of nitrogens with one attached hydrogen (secondary N) is 1. The first-order chi connectivity index (χ1) is 6.22. The van der Waals surface area contributed by atoms with Gasteiger partial charge >= 0.3 is 0 Å². The number of rotatable bonds is 8. The van der Waals surface area contributed by atoms with Crippen molar-refractivity contribution in [3.05, 3.63) is 0 Å². The van der Waals surface area contributed by atoms with Crippen LogP contribution < -0.4 is 5.32 Å². The van der Waals surface area contributed by atoms with Gasteiger partial charge in [-0.2, -0.15) is 0 Å². The van der Waals surface area contributed by atoms with Crippen LogP contribution in [0.25, 0.3) is 0 Å². The van der Waals surface area contributed by atoms with Gasteiger partial charge in [-0.3, -0.25) is 0 Å². The lowest BCUT2D eigenvalue weighted by Gasteiger charge is -2.19. The molecular formula is C10H22ClNO. The second-order valence-corrected chi connectivity index (χ2v) is 3.97. The predicted molar refractivity (Wildman–Crippen MR) is 58.5 cm³/mol. The average Bonchev–Trinajstić information content (AvgIpc) is 2.10. The summed E-state index contributed by atoms with van der Waals surface area (Å²) in [6, 6.07) is 0.448. The number of hydrogen-bond acceptors (Lipinski definition) is 2. The highest BCUT2D eigenvalue weighted by Crippen LogP contribution is 2.03. The second-order valence-electron chi connectivity index (χ2n) is 3.66. The maximum Gasteiger partial charge on any atom is 0.0462 e. The zero-order chi connectivity index (χ0) is 10.1. The molecule has 0 saturated heterocycles. The molecule has 0 aliphatic rings. The summed E-state index contributed by atoms with van der Waals surface area (Å²) in [6.07, 6.45) is 2.28. The van der Waals surface area contributed by atoms with E-state index in [0.29, 0.717) is 17.8 Å². The van der Waals surface area contributed by atoms with Crippen molar-refractivity contribution in [1.82, 2.24) is 5.32 Å². The van der Waals surface area contributed by atoms with Gasteiger partial charge in [0, 0.05) is 25.6 Å². The molecule has 0 aliphatic carbocycles. The molecule has 1 unspecified atom stereocenters. The van der Waals surface area contributed by atoms with Gasteiger partial charge < -0.3 is 10.1 Å². The van der Waals surface area contributed by atoms with Crippen LogP contribution in [0.5, 0.6) is 0 Å². The van der Waals surface area contributed by atoms with Crippen LogP contribution in [-0.4, -0.2) is 32.2 Å². The molecule has 3 heteroatoms. The number of unbranched alkanes of at least 4 members (excludes halogenated alkanes) is 1. The summed E-state index contributed by atoms with van der Waals surface area (Å²) in [5.41, 5.74) is 0. The molecule has 0 heterocycles. The number of methoxy groups -OCH3 is 1. The van der Waals surface area contributed by atoms with E-state index in [1.54, 1.807) is 7.11 Å². The van der Waals surface area contributed by atoms with Crippen LogP contribution in [0.2, 0.25) is 0 Å². The highest BCUT2D eigenvalue weighted by molar-refractivity contribution is 6.18. The van der Waals surface area contributed by atoms with Crippen LogP contribution in [0, 0.1) is 5.92 Å². The number of hydrogen-bond donors (Lipinski definition) is 1. The number of halogens is 1. The van der Waals surface area contributed by atoms with E-state index in [2.05, 4.69) is 19.2 Å². The predicted octanol–water partition coefficient (Wildman–Crippen LogP) is 2.27. The van der Waals surface area contributed by atoms with Gasteiger partial charge in [0.15, 0.2) is 0 Å². The third kappa shape index (κ3) is 7.29. The summed E-state index contributed by atoms with van der Waals surface area (Å²) < 4.78 is 4.97. The number of alkyl halides is 1. The van der Waals surface area contributed by atoms with E-state index in [1.165, 1.54) is 0 Å². The highest BCUT2D eigenvalue weighted by Gasteiger charge is 2.09. The van der Waals surface area contributed by atoms with Crippen LogP contribution in [0.3, 0.4) is 0 Å². The zero-order valence-corrected chi connectivity index (χ0v) is 9.73. The van der Waals surface area contributed by atoms with Crippen molar-refractivity contribution in [3.63, 3.8) is 0 Å². The summed E-state index contributed by atoms with van der Waals surface area (Å²) in [7, 11) is 1.74. The molecule has 0 aromatic carbocycles. The smallest absolute Gasteiger partial charge is 0.0462 e. The largest absolute Gasteiger partial charge is 0.385 e. The first-order valence-electron chi connectivity index (χ1n) is 5.00. The van der Waals surface area contributed by atoms with E-state index in [1.807, 2.05) is 0 Å². The monoisotopic (exact) mass is 207 g/mol. The molecule has 0 radical (unpaired) electrons. The Morgan fingerprint density at radius 3 is 2.46 bits per heavy atom. The lowest BCUT2D eigenvalue weighted by molar-refractivity contribution is 0.192. The van der Waals surface area contributed by atoms with Crippen LogP contribution >= 0.6 is 11.6 Å². The Hall–Kier alpha value is 0.210. The summed E-state index contributed by atoms with van der Waals surface area (Å²) in [5.74, 6) is 1.31. The van der Waals surface area contributed by atoms with E-state index in [9.17, 15) is 0 Å². The Labute approximate surface area is 87.0 Å². The molecule has 2 nitrogen and oxygen atoms in total. The quantitative estimate of drug-likeness (QED) is 0.487. The molecule has 0 rings (SSSR count). The summed E-state index contributed by atoms with van der Waals surface area (Å²) in [6.45, 7) is 6.28. The minimum Gasteiger partial charge on any atom is -0.385 e. The summed E-state index contributed by atoms with van der Waals surface area (Å²) >= 11 is 5.82.